The van der Waals surface area contributed by atoms with Crippen molar-refractivity contribution < 1.29 is 4.79 Å². The second-order valence-electron chi connectivity index (χ2n) is 5.91. The molecule has 0 aliphatic heterocycles. The Morgan fingerprint density at radius 2 is 2.00 bits per heavy atom. The van der Waals surface area contributed by atoms with Crippen LogP contribution in [0.4, 0.5) is 5.69 Å². The van der Waals surface area contributed by atoms with Gasteiger partial charge in [0, 0.05) is 36.9 Å². The van der Waals surface area contributed by atoms with Crippen LogP contribution in [0.3, 0.4) is 0 Å². The lowest BCUT2D eigenvalue weighted by Gasteiger charge is -2.25. The molecule has 0 spiro atoms. The fourth-order valence-corrected chi connectivity index (χ4v) is 2.00. The van der Waals surface area contributed by atoms with E-state index in [9.17, 15) is 4.79 Å². The van der Waals surface area contributed by atoms with E-state index in [1.54, 1.807) is 7.05 Å². The minimum Gasteiger partial charge on any atom is -0.365 e. The van der Waals surface area contributed by atoms with E-state index in [1.807, 2.05) is 30.1 Å². The topological polar surface area (TPSA) is 44.4 Å². The Hall–Kier alpha value is -1.26. The van der Waals surface area contributed by atoms with Crippen molar-refractivity contribution in [2.75, 3.05) is 25.5 Å². The highest BCUT2D eigenvalue weighted by Gasteiger charge is 2.14. The second kappa shape index (κ2) is 6.95. The van der Waals surface area contributed by atoms with Crippen molar-refractivity contribution in [2.45, 2.75) is 32.9 Å². The van der Waals surface area contributed by atoms with E-state index in [1.165, 1.54) is 0 Å². The molecule has 112 valence electrons. The van der Waals surface area contributed by atoms with Crippen LogP contribution in [0.25, 0.3) is 0 Å². The summed E-state index contributed by atoms with van der Waals surface area (Å²) in [5.74, 6) is -0.0165. The van der Waals surface area contributed by atoms with Gasteiger partial charge in [-0.15, -0.1) is 0 Å². The number of halogens is 1. The van der Waals surface area contributed by atoms with Crippen LogP contribution in [-0.4, -0.2) is 32.1 Å². The van der Waals surface area contributed by atoms with Crippen molar-refractivity contribution in [1.29, 1.82) is 0 Å². The summed E-state index contributed by atoms with van der Waals surface area (Å²) in [6.07, 6.45) is 0. The molecule has 0 aliphatic rings. The molecule has 5 heteroatoms. The smallest absolute Gasteiger partial charge is 0.239 e. The third-order valence-corrected chi connectivity index (χ3v) is 3.16. The Kier molecular flexibility index (Phi) is 5.84. The summed E-state index contributed by atoms with van der Waals surface area (Å²) in [5, 5.41) is 6.77. The normalized spacial score (nSPS) is 11.3. The van der Waals surface area contributed by atoms with Crippen LogP contribution in [0.15, 0.2) is 18.2 Å². The summed E-state index contributed by atoms with van der Waals surface area (Å²) < 4.78 is 0. The third-order valence-electron chi connectivity index (χ3n) is 2.92. The van der Waals surface area contributed by atoms with Crippen LogP contribution in [0, 0.1) is 0 Å². The highest BCUT2D eigenvalue weighted by Crippen LogP contribution is 2.24. The maximum atomic E-state index is 11.5. The van der Waals surface area contributed by atoms with Crippen LogP contribution in [0.1, 0.15) is 26.3 Å². The molecular weight excluding hydrogens is 274 g/mol. The molecular formula is C15H24ClN3O. The van der Waals surface area contributed by atoms with Gasteiger partial charge in [0.1, 0.15) is 0 Å². The van der Waals surface area contributed by atoms with Gasteiger partial charge >= 0.3 is 0 Å². The average Bonchev–Trinajstić information content (AvgIpc) is 2.35. The number of rotatable bonds is 5. The van der Waals surface area contributed by atoms with Crippen LogP contribution < -0.4 is 15.5 Å². The number of anilines is 1. The molecule has 0 saturated heterocycles. The molecule has 0 atom stereocenters. The van der Waals surface area contributed by atoms with Gasteiger partial charge in [0.25, 0.3) is 0 Å². The van der Waals surface area contributed by atoms with Gasteiger partial charge in [-0.25, -0.2) is 0 Å². The standard InChI is InChI=1S/C15H24ClN3O/c1-15(2,3)18-9-11-8-12(16)6-7-13(11)19(5)10-14(20)17-4/h6-8,18H,9-10H2,1-5H3,(H,17,20). The molecule has 0 radical (unpaired) electrons. The van der Waals surface area contributed by atoms with Gasteiger partial charge in [-0.2, -0.15) is 0 Å². The van der Waals surface area contributed by atoms with Crippen LogP contribution in [-0.2, 0) is 11.3 Å². The molecule has 1 aromatic carbocycles. The Balaban J connectivity index is 2.92. The molecule has 0 unspecified atom stereocenters. The van der Waals surface area contributed by atoms with Crippen molar-refractivity contribution in [3.63, 3.8) is 0 Å². The molecule has 4 nitrogen and oxygen atoms in total. The van der Waals surface area contributed by atoms with Crippen LogP contribution >= 0.6 is 11.6 Å². The predicted octanol–water partition coefficient (Wildman–Crippen LogP) is 2.41. The number of carbonyl (C=O) groups is 1. The molecule has 20 heavy (non-hydrogen) atoms. The quantitative estimate of drug-likeness (QED) is 0.877. The van der Waals surface area contributed by atoms with Gasteiger partial charge in [-0.1, -0.05) is 11.6 Å². The second-order valence-corrected chi connectivity index (χ2v) is 6.34. The van der Waals surface area contributed by atoms with E-state index in [4.69, 9.17) is 11.6 Å². The van der Waals surface area contributed by atoms with Gasteiger partial charge in [0.15, 0.2) is 0 Å². The first-order chi connectivity index (χ1) is 9.23. The zero-order chi connectivity index (χ0) is 15.3. The predicted molar refractivity (Wildman–Crippen MR) is 85.4 cm³/mol. The van der Waals surface area contributed by atoms with Crippen molar-refractivity contribution in [2.24, 2.45) is 0 Å². The maximum absolute atomic E-state index is 11.5. The Bertz CT molecular complexity index is 469. The third kappa shape index (κ3) is 5.39. The molecule has 1 amide bonds. The van der Waals surface area contributed by atoms with Crippen LogP contribution in [0.2, 0.25) is 5.02 Å². The number of nitrogens with one attached hydrogen (secondary N) is 2. The fourth-order valence-electron chi connectivity index (χ4n) is 1.81. The molecule has 0 fully saturated rings. The minimum absolute atomic E-state index is 0.0165. The molecule has 0 aliphatic carbocycles. The summed E-state index contributed by atoms with van der Waals surface area (Å²) in [6.45, 7) is 7.38. The monoisotopic (exact) mass is 297 g/mol. The molecule has 0 bridgehead atoms. The summed E-state index contributed by atoms with van der Waals surface area (Å²) in [5.41, 5.74) is 2.12. The average molecular weight is 298 g/mol. The number of amides is 1. The summed E-state index contributed by atoms with van der Waals surface area (Å²) in [7, 11) is 3.54. The lowest BCUT2D eigenvalue weighted by molar-refractivity contribution is -0.119. The first-order valence-corrected chi connectivity index (χ1v) is 7.06. The van der Waals surface area contributed by atoms with Gasteiger partial charge in [-0.05, 0) is 44.5 Å². The number of nitrogens with zero attached hydrogens (tertiary/aromatic N) is 1. The minimum atomic E-state index is -0.0165. The molecule has 1 aromatic rings. The van der Waals surface area contributed by atoms with E-state index in [-0.39, 0.29) is 11.4 Å². The summed E-state index contributed by atoms with van der Waals surface area (Å²) >= 11 is 6.08. The van der Waals surface area contributed by atoms with Gasteiger partial charge in [0.05, 0.1) is 6.54 Å². The van der Waals surface area contributed by atoms with E-state index >= 15 is 0 Å². The first-order valence-electron chi connectivity index (χ1n) is 6.68. The van der Waals surface area contributed by atoms with Crippen molar-refractivity contribution >= 4 is 23.2 Å². The first kappa shape index (κ1) is 16.8. The lowest BCUT2D eigenvalue weighted by atomic mass is 10.1. The number of hydrogen-bond acceptors (Lipinski definition) is 3. The number of likely N-dealkylation sites (N-methyl/N-ethyl adjacent to an activating group) is 2. The Labute approximate surface area is 126 Å². The number of benzene rings is 1. The molecule has 0 saturated carbocycles. The van der Waals surface area contributed by atoms with Crippen LogP contribution in [0.5, 0.6) is 0 Å². The molecule has 0 heterocycles. The largest absolute Gasteiger partial charge is 0.365 e. The van der Waals surface area contributed by atoms with E-state index in [2.05, 4.69) is 31.4 Å². The van der Waals surface area contributed by atoms with E-state index < -0.39 is 0 Å². The fraction of sp³-hybridized carbons (Fsp3) is 0.533. The van der Waals surface area contributed by atoms with E-state index in [0.717, 1.165) is 11.3 Å². The van der Waals surface area contributed by atoms with E-state index in [0.29, 0.717) is 18.1 Å². The van der Waals surface area contributed by atoms with Crippen molar-refractivity contribution in [3.05, 3.63) is 28.8 Å². The number of hydrogen-bond donors (Lipinski definition) is 2. The Morgan fingerprint density at radius 1 is 1.35 bits per heavy atom. The Morgan fingerprint density at radius 3 is 2.55 bits per heavy atom. The maximum Gasteiger partial charge on any atom is 0.239 e. The SMILES string of the molecule is CNC(=O)CN(C)c1ccc(Cl)cc1CNC(C)(C)C. The summed E-state index contributed by atoms with van der Waals surface area (Å²) in [6, 6.07) is 5.73. The van der Waals surface area contributed by atoms with Gasteiger partial charge < -0.3 is 15.5 Å². The van der Waals surface area contributed by atoms with Crippen molar-refractivity contribution in [1.82, 2.24) is 10.6 Å². The molecule has 1 rings (SSSR count). The zero-order valence-electron chi connectivity index (χ0n) is 12.9. The molecule has 0 aromatic heterocycles. The van der Waals surface area contributed by atoms with Gasteiger partial charge in [0.2, 0.25) is 5.91 Å². The zero-order valence-corrected chi connectivity index (χ0v) is 13.6. The van der Waals surface area contributed by atoms with Crippen molar-refractivity contribution in [3.8, 4) is 0 Å². The summed E-state index contributed by atoms with van der Waals surface area (Å²) in [4.78, 5) is 13.4. The molecule has 2 N–H and O–H groups in total. The highest BCUT2D eigenvalue weighted by molar-refractivity contribution is 6.30. The highest BCUT2D eigenvalue weighted by atomic mass is 35.5. The lowest BCUT2D eigenvalue weighted by Crippen LogP contribution is -2.36. The number of carbonyl (C=O) groups excluding carboxylic acids is 1. The van der Waals surface area contributed by atoms with Gasteiger partial charge in [-0.3, -0.25) is 4.79 Å².